The molecule has 0 aromatic carbocycles. The Kier molecular flexibility index (Phi) is 5.02. The van der Waals surface area contributed by atoms with Gasteiger partial charge in [0.05, 0.1) is 30.2 Å². The maximum atomic E-state index is 5.85. The molecule has 24 heavy (non-hydrogen) atoms. The Labute approximate surface area is 140 Å². The van der Waals surface area contributed by atoms with E-state index in [2.05, 4.69) is 26.9 Å². The molecule has 3 rings (SSSR count). The fourth-order valence-electron chi connectivity index (χ4n) is 2.71. The summed E-state index contributed by atoms with van der Waals surface area (Å²) in [5, 5.41) is 0. The summed E-state index contributed by atoms with van der Waals surface area (Å²) < 4.78 is 2.12. The molecule has 3 aromatic heterocycles. The minimum absolute atomic E-state index is 0.145. The molecule has 1 atom stereocenters. The molecule has 0 saturated heterocycles. The predicted octanol–water partition coefficient (Wildman–Crippen LogP) is 2.10. The third kappa shape index (κ3) is 3.08. The number of nitrogens with zero attached hydrogens (tertiary/aromatic N) is 4. The number of pyridine rings is 2. The van der Waals surface area contributed by atoms with E-state index in [9.17, 15) is 0 Å². The summed E-state index contributed by atoms with van der Waals surface area (Å²) in [6.07, 6.45) is 8.27. The zero-order valence-electron chi connectivity index (χ0n) is 13.9. The maximum absolute atomic E-state index is 5.85. The lowest BCUT2D eigenvalue weighted by Crippen LogP contribution is -2.11. The number of aryl methyl sites for hydroxylation is 1. The molecule has 1 unspecified atom stereocenters. The summed E-state index contributed by atoms with van der Waals surface area (Å²) in [5.74, 6) is 0.145. The number of nitrogens with two attached hydrogens (primary N) is 1. The Morgan fingerprint density at radius 2 is 2.25 bits per heavy atom. The van der Waals surface area contributed by atoms with Crippen molar-refractivity contribution in [2.24, 2.45) is 5.73 Å². The molecule has 0 amide bonds. The Bertz CT molecular complexity index is 857. The van der Waals surface area contributed by atoms with E-state index in [1.54, 1.807) is 19.5 Å². The van der Waals surface area contributed by atoms with Crippen molar-refractivity contribution < 1.29 is 4.84 Å². The summed E-state index contributed by atoms with van der Waals surface area (Å²) in [7, 11) is 1.58. The van der Waals surface area contributed by atoms with Crippen molar-refractivity contribution in [2.45, 2.75) is 25.8 Å². The Morgan fingerprint density at radius 3 is 3.04 bits per heavy atom. The molecule has 0 aliphatic heterocycles. The molecule has 3 aromatic rings. The van der Waals surface area contributed by atoms with Gasteiger partial charge in [0.25, 0.3) is 0 Å². The summed E-state index contributed by atoms with van der Waals surface area (Å²) in [6.45, 7) is 3.40. The second-order valence-corrected chi connectivity index (χ2v) is 5.65. The van der Waals surface area contributed by atoms with Gasteiger partial charge in [-0.3, -0.25) is 15.3 Å². The van der Waals surface area contributed by atoms with E-state index in [0.29, 0.717) is 6.54 Å². The van der Waals surface area contributed by atoms with Crippen molar-refractivity contribution >= 4 is 22.1 Å². The second kappa shape index (κ2) is 7.37. The van der Waals surface area contributed by atoms with E-state index in [0.717, 1.165) is 40.7 Å². The van der Waals surface area contributed by atoms with Gasteiger partial charge in [-0.2, -0.15) is 0 Å². The number of hydrogen-bond donors (Lipinski definition) is 2. The third-order valence-corrected chi connectivity index (χ3v) is 3.99. The van der Waals surface area contributed by atoms with Crippen LogP contribution >= 0.6 is 0 Å². The molecular weight excluding hydrogens is 304 g/mol. The highest BCUT2D eigenvalue weighted by atomic mass is 16.6. The zero-order chi connectivity index (χ0) is 16.9. The van der Waals surface area contributed by atoms with Crippen molar-refractivity contribution in [3.63, 3.8) is 0 Å². The second-order valence-electron chi connectivity index (χ2n) is 5.65. The maximum Gasteiger partial charge on any atom is 0.115 e. The SMILES string of the molecule is CONC=CCCn1cnc2c(C(C)CN)nc3cccnc3c21. The van der Waals surface area contributed by atoms with Gasteiger partial charge in [0.15, 0.2) is 0 Å². The number of aromatic nitrogens is 4. The molecule has 0 bridgehead atoms. The van der Waals surface area contributed by atoms with Crippen LogP contribution in [0.2, 0.25) is 0 Å². The van der Waals surface area contributed by atoms with E-state index in [1.807, 2.05) is 24.5 Å². The topological polar surface area (TPSA) is 90.9 Å². The summed E-state index contributed by atoms with van der Waals surface area (Å²) in [5.41, 5.74) is 13.1. The number of nitrogens with one attached hydrogen (secondary N) is 1. The first kappa shape index (κ1) is 16.4. The molecule has 0 aliphatic carbocycles. The third-order valence-electron chi connectivity index (χ3n) is 3.99. The van der Waals surface area contributed by atoms with Crippen molar-refractivity contribution in [3.05, 3.63) is 42.6 Å². The molecule has 0 radical (unpaired) electrons. The lowest BCUT2D eigenvalue weighted by Gasteiger charge is -2.11. The average molecular weight is 326 g/mol. The fraction of sp³-hybridized carbons (Fsp3) is 0.353. The van der Waals surface area contributed by atoms with Gasteiger partial charge in [0.1, 0.15) is 11.0 Å². The lowest BCUT2D eigenvalue weighted by atomic mass is 10.1. The minimum Gasteiger partial charge on any atom is -0.330 e. The minimum atomic E-state index is 0.145. The van der Waals surface area contributed by atoms with Crippen molar-refractivity contribution in [2.75, 3.05) is 13.7 Å². The summed E-state index contributed by atoms with van der Waals surface area (Å²) in [6, 6.07) is 3.88. The van der Waals surface area contributed by atoms with E-state index in [-0.39, 0.29) is 5.92 Å². The highest BCUT2D eigenvalue weighted by molar-refractivity contribution is 6.00. The largest absolute Gasteiger partial charge is 0.330 e. The van der Waals surface area contributed by atoms with Crippen LogP contribution in [0.1, 0.15) is 25.0 Å². The molecule has 7 heteroatoms. The van der Waals surface area contributed by atoms with Gasteiger partial charge >= 0.3 is 0 Å². The van der Waals surface area contributed by atoms with Gasteiger partial charge < -0.3 is 10.3 Å². The van der Waals surface area contributed by atoms with Crippen LogP contribution < -0.4 is 11.2 Å². The van der Waals surface area contributed by atoms with Crippen molar-refractivity contribution in [1.82, 2.24) is 25.0 Å². The van der Waals surface area contributed by atoms with Crippen LogP contribution in [0, 0.1) is 0 Å². The number of hydrogen-bond acceptors (Lipinski definition) is 6. The van der Waals surface area contributed by atoms with E-state index in [4.69, 9.17) is 15.6 Å². The number of rotatable bonds is 7. The quantitative estimate of drug-likeness (QED) is 0.646. The molecule has 126 valence electrons. The van der Waals surface area contributed by atoms with E-state index >= 15 is 0 Å². The first-order chi connectivity index (χ1) is 11.8. The Balaban J connectivity index is 2.06. The van der Waals surface area contributed by atoms with Gasteiger partial charge in [0.2, 0.25) is 0 Å². The number of allylic oxidation sites excluding steroid dienone is 1. The van der Waals surface area contributed by atoms with Crippen LogP contribution in [0.25, 0.3) is 22.1 Å². The molecule has 3 N–H and O–H groups in total. The monoisotopic (exact) mass is 326 g/mol. The number of hydroxylamine groups is 1. The number of imidazole rings is 1. The Hall–Kier alpha value is -2.51. The summed E-state index contributed by atoms with van der Waals surface area (Å²) in [4.78, 5) is 18.6. The molecule has 0 saturated carbocycles. The van der Waals surface area contributed by atoms with E-state index in [1.165, 1.54) is 0 Å². The van der Waals surface area contributed by atoms with E-state index < -0.39 is 0 Å². The molecular formula is C17H22N6O. The Morgan fingerprint density at radius 1 is 1.38 bits per heavy atom. The van der Waals surface area contributed by atoms with Crippen molar-refractivity contribution in [3.8, 4) is 0 Å². The number of fused-ring (bicyclic) bond motifs is 3. The highest BCUT2D eigenvalue weighted by Crippen LogP contribution is 2.28. The summed E-state index contributed by atoms with van der Waals surface area (Å²) >= 11 is 0. The average Bonchev–Trinajstić information content (AvgIpc) is 3.04. The predicted molar refractivity (Wildman–Crippen MR) is 94.2 cm³/mol. The highest BCUT2D eigenvalue weighted by Gasteiger charge is 2.17. The van der Waals surface area contributed by atoms with Crippen molar-refractivity contribution in [1.29, 1.82) is 0 Å². The molecule has 0 spiro atoms. The van der Waals surface area contributed by atoms with Crippen LogP contribution in [-0.2, 0) is 11.4 Å². The van der Waals surface area contributed by atoms with Crippen LogP contribution in [0.5, 0.6) is 0 Å². The van der Waals surface area contributed by atoms with Crippen LogP contribution in [0.4, 0.5) is 0 Å². The van der Waals surface area contributed by atoms with Gasteiger partial charge in [-0.05, 0) is 18.6 Å². The van der Waals surface area contributed by atoms with Gasteiger partial charge in [-0.15, -0.1) is 0 Å². The lowest BCUT2D eigenvalue weighted by molar-refractivity contribution is 0.128. The normalized spacial score (nSPS) is 13.1. The fourth-order valence-corrected chi connectivity index (χ4v) is 2.71. The molecule has 0 aliphatic rings. The zero-order valence-corrected chi connectivity index (χ0v) is 13.9. The van der Waals surface area contributed by atoms with Crippen LogP contribution in [-0.4, -0.2) is 33.2 Å². The molecule has 7 nitrogen and oxygen atoms in total. The van der Waals surface area contributed by atoms with Gasteiger partial charge in [-0.25, -0.2) is 9.97 Å². The first-order valence-corrected chi connectivity index (χ1v) is 7.99. The first-order valence-electron chi connectivity index (χ1n) is 7.99. The standard InChI is InChI=1S/C17H22N6O/c1-12(10-18)14-16-17(15-13(22-14)6-5-7-19-15)23(11-20-16)9-4-3-8-21-24-2/h3,5-8,11-12,21H,4,9-10,18H2,1-2H3. The van der Waals surface area contributed by atoms with Gasteiger partial charge in [-0.1, -0.05) is 13.0 Å². The molecule has 0 fully saturated rings. The van der Waals surface area contributed by atoms with Gasteiger partial charge in [0, 0.05) is 31.4 Å². The molecule has 3 heterocycles. The smallest absolute Gasteiger partial charge is 0.115 e. The van der Waals surface area contributed by atoms with Crippen LogP contribution in [0.15, 0.2) is 36.9 Å². The van der Waals surface area contributed by atoms with Crippen LogP contribution in [0.3, 0.4) is 0 Å².